The molecule has 2 aromatic rings. The van der Waals surface area contributed by atoms with Gasteiger partial charge in [-0.1, -0.05) is 18.9 Å². The van der Waals surface area contributed by atoms with Gasteiger partial charge in [0, 0.05) is 22.6 Å². The first kappa shape index (κ1) is 13.6. The number of carbonyl (C=O) groups excluding carboxylic acids is 1. The van der Waals surface area contributed by atoms with Gasteiger partial charge in [-0.25, -0.2) is 0 Å². The second kappa shape index (κ2) is 5.88. The molecule has 0 aliphatic heterocycles. The SMILES string of the molecule is CC(=O)Nc1nnc(-c2ccc(SC(C)C)cc2)o1. The van der Waals surface area contributed by atoms with E-state index in [1.54, 1.807) is 11.8 Å². The maximum absolute atomic E-state index is 10.9. The molecule has 1 aromatic heterocycles. The zero-order chi connectivity index (χ0) is 13.8. The fourth-order valence-electron chi connectivity index (χ4n) is 1.49. The van der Waals surface area contributed by atoms with Gasteiger partial charge < -0.3 is 4.42 Å². The monoisotopic (exact) mass is 277 g/mol. The van der Waals surface area contributed by atoms with E-state index in [-0.39, 0.29) is 11.9 Å². The van der Waals surface area contributed by atoms with Crippen molar-refractivity contribution in [1.82, 2.24) is 10.2 Å². The number of carbonyl (C=O) groups is 1. The van der Waals surface area contributed by atoms with Crippen LogP contribution in [0.3, 0.4) is 0 Å². The van der Waals surface area contributed by atoms with E-state index in [2.05, 4.69) is 29.4 Å². The lowest BCUT2D eigenvalue weighted by molar-refractivity contribution is -0.114. The largest absolute Gasteiger partial charge is 0.403 e. The zero-order valence-electron chi connectivity index (χ0n) is 11.0. The van der Waals surface area contributed by atoms with Crippen LogP contribution in [0.15, 0.2) is 33.6 Å². The van der Waals surface area contributed by atoms with Gasteiger partial charge in [0.1, 0.15) is 0 Å². The van der Waals surface area contributed by atoms with E-state index in [4.69, 9.17) is 4.42 Å². The van der Waals surface area contributed by atoms with Gasteiger partial charge in [-0.05, 0) is 24.3 Å². The van der Waals surface area contributed by atoms with Crippen LogP contribution in [0.4, 0.5) is 6.01 Å². The molecule has 1 heterocycles. The lowest BCUT2D eigenvalue weighted by atomic mass is 10.2. The Balaban J connectivity index is 2.13. The minimum Gasteiger partial charge on any atom is -0.403 e. The number of nitrogens with one attached hydrogen (secondary N) is 1. The van der Waals surface area contributed by atoms with E-state index in [9.17, 15) is 4.79 Å². The molecule has 0 spiro atoms. The predicted molar refractivity (Wildman–Crippen MR) is 75.0 cm³/mol. The molecule has 0 aliphatic rings. The van der Waals surface area contributed by atoms with Gasteiger partial charge in [0.2, 0.25) is 11.8 Å². The molecule has 1 N–H and O–H groups in total. The lowest BCUT2D eigenvalue weighted by Gasteiger charge is -2.04. The quantitative estimate of drug-likeness (QED) is 0.869. The van der Waals surface area contributed by atoms with Crippen LogP contribution in [0.1, 0.15) is 20.8 Å². The molecule has 0 aliphatic carbocycles. The molecule has 2 rings (SSSR count). The van der Waals surface area contributed by atoms with Crippen LogP contribution >= 0.6 is 11.8 Å². The summed E-state index contributed by atoms with van der Waals surface area (Å²) < 4.78 is 5.34. The van der Waals surface area contributed by atoms with E-state index < -0.39 is 0 Å². The number of rotatable bonds is 4. The predicted octanol–water partition coefficient (Wildman–Crippen LogP) is 3.20. The first-order valence-corrected chi connectivity index (χ1v) is 6.81. The van der Waals surface area contributed by atoms with Crippen molar-refractivity contribution in [1.29, 1.82) is 0 Å². The third-order valence-corrected chi connectivity index (χ3v) is 3.20. The summed E-state index contributed by atoms with van der Waals surface area (Å²) in [6.45, 7) is 5.69. The fraction of sp³-hybridized carbons (Fsp3) is 0.308. The van der Waals surface area contributed by atoms with Crippen LogP contribution in [0.5, 0.6) is 0 Å². The Hall–Kier alpha value is -1.82. The number of anilines is 1. The van der Waals surface area contributed by atoms with Crippen LogP contribution in [-0.4, -0.2) is 21.4 Å². The normalized spacial score (nSPS) is 10.7. The fourth-order valence-corrected chi connectivity index (χ4v) is 2.33. The van der Waals surface area contributed by atoms with Crippen LogP contribution in [0.2, 0.25) is 0 Å². The number of aromatic nitrogens is 2. The highest BCUT2D eigenvalue weighted by atomic mass is 32.2. The second-order valence-corrected chi connectivity index (χ2v) is 5.93. The van der Waals surface area contributed by atoms with Crippen LogP contribution in [0, 0.1) is 0 Å². The van der Waals surface area contributed by atoms with Crippen molar-refractivity contribution in [2.24, 2.45) is 0 Å². The number of hydrogen-bond donors (Lipinski definition) is 1. The third kappa shape index (κ3) is 3.82. The summed E-state index contributed by atoms with van der Waals surface area (Å²) in [6, 6.07) is 8.00. The van der Waals surface area contributed by atoms with Gasteiger partial charge >= 0.3 is 6.01 Å². The molecule has 0 saturated carbocycles. The summed E-state index contributed by atoms with van der Waals surface area (Å²) in [7, 11) is 0. The maximum atomic E-state index is 10.9. The molecule has 6 heteroatoms. The van der Waals surface area contributed by atoms with Gasteiger partial charge in [-0.3, -0.25) is 10.1 Å². The number of thioether (sulfide) groups is 1. The van der Waals surface area contributed by atoms with E-state index in [1.807, 2.05) is 24.3 Å². The molecule has 1 amide bonds. The van der Waals surface area contributed by atoms with E-state index in [0.29, 0.717) is 11.1 Å². The van der Waals surface area contributed by atoms with Crippen molar-refractivity contribution in [3.63, 3.8) is 0 Å². The first-order chi connectivity index (χ1) is 9.04. The molecule has 0 fully saturated rings. The lowest BCUT2D eigenvalue weighted by Crippen LogP contribution is -2.05. The van der Waals surface area contributed by atoms with Crippen molar-refractivity contribution in [3.05, 3.63) is 24.3 Å². The van der Waals surface area contributed by atoms with E-state index >= 15 is 0 Å². The zero-order valence-corrected chi connectivity index (χ0v) is 11.8. The number of benzene rings is 1. The minimum absolute atomic E-state index is 0.114. The molecule has 0 saturated heterocycles. The Kier molecular flexibility index (Phi) is 4.21. The summed E-state index contributed by atoms with van der Waals surface area (Å²) in [5.74, 6) is 0.156. The van der Waals surface area contributed by atoms with Crippen LogP contribution in [-0.2, 0) is 4.79 Å². The summed E-state index contributed by atoms with van der Waals surface area (Å²) in [6.07, 6.45) is 0. The summed E-state index contributed by atoms with van der Waals surface area (Å²) in [5, 5.41) is 10.6. The van der Waals surface area contributed by atoms with Crippen molar-refractivity contribution in [2.45, 2.75) is 30.9 Å². The maximum Gasteiger partial charge on any atom is 0.322 e. The number of nitrogens with zero attached hydrogens (tertiary/aromatic N) is 2. The highest BCUT2D eigenvalue weighted by molar-refractivity contribution is 7.99. The molecule has 5 nitrogen and oxygen atoms in total. The molecular weight excluding hydrogens is 262 g/mol. The average molecular weight is 277 g/mol. The van der Waals surface area contributed by atoms with Gasteiger partial charge in [0.05, 0.1) is 0 Å². The molecule has 0 atom stereocenters. The van der Waals surface area contributed by atoms with E-state index in [0.717, 1.165) is 5.56 Å². The molecule has 0 bridgehead atoms. The van der Waals surface area contributed by atoms with Gasteiger partial charge in [0.15, 0.2) is 0 Å². The second-order valence-electron chi connectivity index (χ2n) is 4.28. The summed E-state index contributed by atoms with van der Waals surface area (Å²) in [5.41, 5.74) is 0.831. The topological polar surface area (TPSA) is 68.0 Å². The van der Waals surface area contributed by atoms with Crippen molar-refractivity contribution >= 4 is 23.7 Å². The standard InChI is InChI=1S/C13H15N3O2S/c1-8(2)19-11-6-4-10(5-7-11)12-15-16-13(18-12)14-9(3)17/h4-8H,1-3H3,(H,14,16,17). The smallest absolute Gasteiger partial charge is 0.322 e. The third-order valence-electron chi connectivity index (χ3n) is 2.18. The van der Waals surface area contributed by atoms with Crippen LogP contribution < -0.4 is 5.32 Å². The number of hydrogen-bond acceptors (Lipinski definition) is 5. The Bertz CT molecular complexity index is 564. The molecule has 19 heavy (non-hydrogen) atoms. The van der Waals surface area contributed by atoms with Crippen molar-refractivity contribution in [2.75, 3.05) is 5.32 Å². The number of amides is 1. The van der Waals surface area contributed by atoms with Crippen molar-refractivity contribution < 1.29 is 9.21 Å². The Morgan fingerprint density at radius 2 is 1.95 bits per heavy atom. The molecule has 1 aromatic carbocycles. The van der Waals surface area contributed by atoms with Gasteiger partial charge in [0.25, 0.3) is 0 Å². The van der Waals surface area contributed by atoms with Crippen LogP contribution in [0.25, 0.3) is 11.5 Å². The highest BCUT2D eigenvalue weighted by Crippen LogP contribution is 2.26. The van der Waals surface area contributed by atoms with Gasteiger partial charge in [-0.2, -0.15) is 0 Å². The Morgan fingerprint density at radius 3 is 2.53 bits per heavy atom. The minimum atomic E-state index is -0.237. The van der Waals surface area contributed by atoms with Crippen molar-refractivity contribution in [3.8, 4) is 11.5 Å². The summed E-state index contributed by atoms with van der Waals surface area (Å²) >= 11 is 1.79. The molecule has 0 radical (unpaired) electrons. The summed E-state index contributed by atoms with van der Waals surface area (Å²) in [4.78, 5) is 12.1. The molecule has 0 unspecified atom stereocenters. The molecular formula is C13H15N3O2S. The highest BCUT2D eigenvalue weighted by Gasteiger charge is 2.09. The van der Waals surface area contributed by atoms with Gasteiger partial charge in [-0.15, -0.1) is 16.9 Å². The average Bonchev–Trinajstić information content (AvgIpc) is 2.76. The molecule has 100 valence electrons. The first-order valence-electron chi connectivity index (χ1n) is 5.93. The van der Waals surface area contributed by atoms with E-state index in [1.165, 1.54) is 11.8 Å². The Morgan fingerprint density at radius 1 is 1.26 bits per heavy atom. The Labute approximate surface area is 115 Å².